The molecule has 0 aliphatic heterocycles. The second-order valence-electron chi connectivity index (χ2n) is 5.08. The van der Waals surface area contributed by atoms with Gasteiger partial charge in [-0.3, -0.25) is 4.79 Å². The van der Waals surface area contributed by atoms with E-state index in [9.17, 15) is 4.79 Å². The van der Waals surface area contributed by atoms with Gasteiger partial charge in [-0.15, -0.1) is 0 Å². The first-order chi connectivity index (χ1) is 8.56. The Bertz CT molecular complexity index is 414. The number of carbonyl (C=O) groups is 1. The Morgan fingerprint density at radius 1 is 1.44 bits per heavy atom. The maximum atomic E-state index is 12.0. The van der Waals surface area contributed by atoms with Crippen LogP contribution in [-0.4, -0.2) is 23.9 Å². The first kappa shape index (κ1) is 13.6. The van der Waals surface area contributed by atoms with Crippen molar-refractivity contribution in [2.24, 2.45) is 11.7 Å². The van der Waals surface area contributed by atoms with Crippen molar-refractivity contribution in [2.45, 2.75) is 31.8 Å². The fourth-order valence-corrected chi connectivity index (χ4v) is 2.26. The van der Waals surface area contributed by atoms with E-state index in [1.807, 2.05) is 31.3 Å². The third-order valence-electron chi connectivity index (χ3n) is 3.40. The van der Waals surface area contributed by atoms with Crippen LogP contribution in [0, 0.1) is 5.92 Å². The molecule has 1 amide bonds. The van der Waals surface area contributed by atoms with E-state index in [0.717, 1.165) is 10.0 Å². The van der Waals surface area contributed by atoms with Gasteiger partial charge in [-0.25, -0.2) is 0 Å². The fraction of sp³-hybridized carbons (Fsp3) is 0.500. The molecule has 1 fully saturated rings. The Hall–Kier alpha value is -0.870. The number of rotatable bonds is 5. The standard InChI is InChI=1S/C14H19BrN2O/c1-17(9-10-2-6-12(15)7-3-10)14(18)8-13(16)11-4-5-11/h2-3,6-7,11,13H,4-5,8-9,16H2,1H3. The minimum atomic E-state index is 0.0462. The van der Waals surface area contributed by atoms with Crippen LogP contribution < -0.4 is 5.73 Å². The van der Waals surface area contributed by atoms with E-state index in [1.165, 1.54) is 12.8 Å². The summed E-state index contributed by atoms with van der Waals surface area (Å²) in [6.07, 6.45) is 2.84. The highest BCUT2D eigenvalue weighted by molar-refractivity contribution is 9.10. The summed E-state index contributed by atoms with van der Waals surface area (Å²) >= 11 is 3.40. The summed E-state index contributed by atoms with van der Waals surface area (Å²) in [5.74, 6) is 0.715. The van der Waals surface area contributed by atoms with E-state index in [2.05, 4.69) is 15.9 Å². The van der Waals surface area contributed by atoms with Gasteiger partial charge in [0.15, 0.2) is 0 Å². The van der Waals surface area contributed by atoms with Crippen molar-refractivity contribution in [1.29, 1.82) is 0 Å². The molecule has 0 radical (unpaired) electrons. The third kappa shape index (κ3) is 3.82. The lowest BCUT2D eigenvalue weighted by atomic mass is 10.1. The average Bonchev–Trinajstić information content (AvgIpc) is 3.16. The minimum absolute atomic E-state index is 0.0462. The first-order valence-electron chi connectivity index (χ1n) is 6.30. The molecule has 1 aromatic rings. The molecule has 1 aromatic carbocycles. The molecule has 0 saturated heterocycles. The predicted octanol–water partition coefficient (Wildman–Crippen LogP) is 2.53. The number of halogens is 1. The number of hydrogen-bond donors (Lipinski definition) is 1. The van der Waals surface area contributed by atoms with Crippen LogP contribution in [0.15, 0.2) is 28.7 Å². The minimum Gasteiger partial charge on any atom is -0.341 e. The highest BCUT2D eigenvalue weighted by Crippen LogP contribution is 2.32. The van der Waals surface area contributed by atoms with Gasteiger partial charge in [0, 0.05) is 30.5 Å². The highest BCUT2D eigenvalue weighted by Gasteiger charge is 2.30. The van der Waals surface area contributed by atoms with Gasteiger partial charge in [-0.1, -0.05) is 28.1 Å². The van der Waals surface area contributed by atoms with Crippen LogP contribution in [0.1, 0.15) is 24.8 Å². The van der Waals surface area contributed by atoms with Gasteiger partial charge in [0.1, 0.15) is 0 Å². The molecule has 1 aliphatic rings. The second kappa shape index (κ2) is 5.85. The van der Waals surface area contributed by atoms with Crippen molar-refractivity contribution >= 4 is 21.8 Å². The van der Waals surface area contributed by atoms with Crippen LogP contribution in [-0.2, 0) is 11.3 Å². The molecule has 1 aliphatic carbocycles. The van der Waals surface area contributed by atoms with E-state index in [0.29, 0.717) is 18.9 Å². The number of carbonyl (C=O) groups excluding carboxylic acids is 1. The summed E-state index contributed by atoms with van der Waals surface area (Å²) in [7, 11) is 1.84. The summed E-state index contributed by atoms with van der Waals surface area (Å²) < 4.78 is 1.05. The molecule has 3 nitrogen and oxygen atoms in total. The maximum Gasteiger partial charge on any atom is 0.224 e. The molecule has 1 atom stereocenters. The molecule has 2 rings (SSSR count). The monoisotopic (exact) mass is 310 g/mol. The quantitative estimate of drug-likeness (QED) is 0.908. The van der Waals surface area contributed by atoms with E-state index >= 15 is 0 Å². The lowest BCUT2D eigenvalue weighted by molar-refractivity contribution is -0.130. The lowest BCUT2D eigenvalue weighted by Gasteiger charge is -2.19. The Kier molecular flexibility index (Phi) is 4.40. The molecule has 0 aromatic heterocycles. The Balaban J connectivity index is 1.84. The van der Waals surface area contributed by atoms with Crippen molar-refractivity contribution < 1.29 is 4.79 Å². The molecule has 18 heavy (non-hydrogen) atoms. The summed E-state index contributed by atoms with van der Waals surface area (Å²) in [6.45, 7) is 0.642. The zero-order valence-electron chi connectivity index (χ0n) is 10.6. The van der Waals surface area contributed by atoms with Gasteiger partial charge in [-0.2, -0.15) is 0 Å². The van der Waals surface area contributed by atoms with Gasteiger partial charge < -0.3 is 10.6 Å². The van der Waals surface area contributed by atoms with Gasteiger partial charge in [0.2, 0.25) is 5.91 Å². The van der Waals surface area contributed by atoms with Crippen LogP contribution in [0.3, 0.4) is 0 Å². The maximum absolute atomic E-state index is 12.0. The predicted molar refractivity (Wildman–Crippen MR) is 75.9 cm³/mol. The van der Waals surface area contributed by atoms with Crippen LogP contribution in [0.25, 0.3) is 0 Å². The van der Waals surface area contributed by atoms with Gasteiger partial charge >= 0.3 is 0 Å². The molecule has 0 heterocycles. The smallest absolute Gasteiger partial charge is 0.224 e. The SMILES string of the molecule is CN(Cc1ccc(Br)cc1)C(=O)CC(N)C1CC1. The topological polar surface area (TPSA) is 46.3 Å². The van der Waals surface area contributed by atoms with Crippen molar-refractivity contribution in [1.82, 2.24) is 4.90 Å². The molecule has 0 bridgehead atoms. The molecular formula is C14H19BrN2O. The number of benzene rings is 1. The normalized spacial score (nSPS) is 16.4. The van der Waals surface area contributed by atoms with Crippen molar-refractivity contribution in [3.8, 4) is 0 Å². The summed E-state index contributed by atoms with van der Waals surface area (Å²) in [6, 6.07) is 8.07. The van der Waals surface area contributed by atoms with E-state index in [4.69, 9.17) is 5.73 Å². The largest absolute Gasteiger partial charge is 0.341 e. The number of nitrogens with two attached hydrogens (primary N) is 1. The average molecular weight is 311 g/mol. The van der Waals surface area contributed by atoms with Crippen LogP contribution in [0.5, 0.6) is 0 Å². The molecule has 4 heteroatoms. The zero-order chi connectivity index (χ0) is 13.1. The Morgan fingerprint density at radius 3 is 2.61 bits per heavy atom. The molecule has 2 N–H and O–H groups in total. The second-order valence-corrected chi connectivity index (χ2v) is 6.00. The van der Waals surface area contributed by atoms with Crippen LogP contribution in [0.4, 0.5) is 0 Å². The van der Waals surface area contributed by atoms with Crippen molar-refractivity contribution in [3.63, 3.8) is 0 Å². The van der Waals surface area contributed by atoms with Gasteiger partial charge in [0.25, 0.3) is 0 Å². The molecule has 1 unspecified atom stereocenters. The van der Waals surface area contributed by atoms with E-state index in [-0.39, 0.29) is 11.9 Å². The number of hydrogen-bond acceptors (Lipinski definition) is 2. The Labute approximate surface area is 116 Å². The van der Waals surface area contributed by atoms with E-state index in [1.54, 1.807) is 4.90 Å². The number of amides is 1. The van der Waals surface area contributed by atoms with Crippen molar-refractivity contribution in [3.05, 3.63) is 34.3 Å². The fourth-order valence-electron chi connectivity index (χ4n) is 2.00. The van der Waals surface area contributed by atoms with Crippen molar-refractivity contribution in [2.75, 3.05) is 7.05 Å². The Morgan fingerprint density at radius 2 is 2.06 bits per heavy atom. The summed E-state index contributed by atoms with van der Waals surface area (Å²) in [4.78, 5) is 13.7. The van der Waals surface area contributed by atoms with Gasteiger partial charge in [-0.05, 0) is 36.5 Å². The molecular weight excluding hydrogens is 292 g/mol. The van der Waals surface area contributed by atoms with Crippen LogP contribution in [0.2, 0.25) is 0 Å². The third-order valence-corrected chi connectivity index (χ3v) is 3.93. The van der Waals surface area contributed by atoms with E-state index < -0.39 is 0 Å². The molecule has 98 valence electrons. The number of nitrogens with zero attached hydrogens (tertiary/aromatic N) is 1. The summed E-state index contributed by atoms with van der Waals surface area (Å²) in [5, 5.41) is 0. The highest BCUT2D eigenvalue weighted by atomic mass is 79.9. The van der Waals surface area contributed by atoms with Crippen LogP contribution >= 0.6 is 15.9 Å². The molecule has 0 spiro atoms. The molecule has 1 saturated carbocycles. The summed E-state index contributed by atoms with van der Waals surface area (Å²) in [5.41, 5.74) is 7.11. The zero-order valence-corrected chi connectivity index (χ0v) is 12.2. The first-order valence-corrected chi connectivity index (χ1v) is 7.09. The van der Waals surface area contributed by atoms with Gasteiger partial charge in [0.05, 0.1) is 0 Å². The lowest BCUT2D eigenvalue weighted by Crippen LogP contribution is -2.34.